The topological polar surface area (TPSA) is 81.7 Å². The number of ether oxygens (including phenoxy) is 2. The van der Waals surface area contributed by atoms with Gasteiger partial charge < -0.3 is 14.8 Å². The summed E-state index contributed by atoms with van der Waals surface area (Å²) in [5, 5.41) is 2.47. The third kappa shape index (κ3) is 4.34. The number of amides is 1. The Labute approximate surface area is 141 Å². The lowest BCUT2D eigenvalue weighted by Crippen LogP contribution is -2.48. The number of benzene rings is 1. The number of rotatable bonds is 7. The number of hydrogen-bond donors (Lipinski definition) is 1. The molecule has 130 valence electrons. The third-order valence-corrected chi connectivity index (χ3v) is 3.93. The molecule has 2 atom stereocenters. The predicted octanol–water partition coefficient (Wildman–Crippen LogP) is 1.71. The Kier molecular flexibility index (Phi) is 5.95. The van der Waals surface area contributed by atoms with E-state index in [1.54, 1.807) is 13.8 Å². The Hall–Kier alpha value is -2.37. The van der Waals surface area contributed by atoms with Crippen molar-refractivity contribution in [3.8, 4) is 0 Å². The molecule has 0 aliphatic heterocycles. The second kappa shape index (κ2) is 7.95. The van der Waals surface area contributed by atoms with Crippen molar-refractivity contribution < 1.29 is 23.9 Å². The summed E-state index contributed by atoms with van der Waals surface area (Å²) in [6, 6.07) is 6.58. The van der Waals surface area contributed by atoms with Gasteiger partial charge in [0.2, 0.25) is 11.9 Å². The summed E-state index contributed by atoms with van der Waals surface area (Å²) in [6.45, 7) is 5.52. The van der Waals surface area contributed by atoms with E-state index in [9.17, 15) is 14.4 Å². The van der Waals surface area contributed by atoms with Crippen LogP contribution < -0.4 is 5.32 Å². The molecule has 2 rings (SSSR count). The van der Waals surface area contributed by atoms with Crippen LogP contribution in [0.3, 0.4) is 0 Å². The molecule has 1 amide bonds. The van der Waals surface area contributed by atoms with E-state index < -0.39 is 18.0 Å². The van der Waals surface area contributed by atoms with Crippen LogP contribution in [-0.4, -0.2) is 37.1 Å². The van der Waals surface area contributed by atoms with Crippen LogP contribution >= 0.6 is 0 Å². The number of carbonyl (C=O) groups excluding carboxylic acids is 3. The van der Waals surface area contributed by atoms with Crippen molar-refractivity contribution in [1.82, 2.24) is 5.32 Å². The smallest absolute Gasteiger partial charge is 0.340 e. The minimum Gasteiger partial charge on any atom is -0.464 e. The normalized spacial score (nSPS) is 18.8. The number of hydrogen-bond acceptors (Lipinski definition) is 5. The van der Waals surface area contributed by atoms with Gasteiger partial charge in [0.25, 0.3) is 0 Å². The molecule has 1 aromatic rings. The number of nitrogens with one attached hydrogen (secondary N) is 1. The van der Waals surface area contributed by atoms with E-state index in [0.29, 0.717) is 6.42 Å². The standard InChI is InChI=1S/C18H23NO5/c1-4-23-17(21)15(18(22)24-5-2)19-16(20)14-10-13(14)12-8-6-7-11(3)9-12/h6-9,13-15H,4-5,10H2,1-3H3,(H,19,20)/t13-,14-/m1/s1. The molecule has 6 heteroatoms. The van der Waals surface area contributed by atoms with Crippen molar-refractivity contribution >= 4 is 17.8 Å². The SMILES string of the molecule is CCOC(=O)C(NC(=O)[C@@H]1C[C@@H]1c1cccc(C)c1)C(=O)OCC. The van der Waals surface area contributed by atoms with Gasteiger partial charge >= 0.3 is 11.9 Å². The number of carbonyl (C=O) groups is 3. The highest BCUT2D eigenvalue weighted by molar-refractivity contribution is 6.03. The summed E-state index contributed by atoms with van der Waals surface area (Å²) < 4.78 is 9.69. The fourth-order valence-corrected chi connectivity index (χ4v) is 2.67. The monoisotopic (exact) mass is 333 g/mol. The zero-order chi connectivity index (χ0) is 17.7. The molecule has 1 fully saturated rings. The van der Waals surface area contributed by atoms with E-state index in [4.69, 9.17) is 9.47 Å². The summed E-state index contributed by atoms with van der Waals surface area (Å²) in [5.41, 5.74) is 2.23. The molecule has 1 aromatic carbocycles. The highest BCUT2D eigenvalue weighted by atomic mass is 16.6. The fraction of sp³-hybridized carbons (Fsp3) is 0.500. The van der Waals surface area contributed by atoms with Crippen LogP contribution in [0.5, 0.6) is 0 Å². The van der Waals surface area contributed by atoms with Gasteiger partial charge in [-0.25, -0.2) is 9.59 Å². The number of esters is 2. The summed E-state index contributed by atoms with van der Waals surface area (Å²) in [7, 11) is 0. The first-order chi connectivity index (χ1) is 11.5. The van der Waals surface area contributed by atoms with Gasteiger partial charge in [0.15, 0.2) is 0 Å². The van der Waals surface area contributed by atoms with Crippen LogP contribution in [0.15, 0.2) is 24.3 Å². The van der Waals surface area contributed by atoms with Crippen molar-refractivity contribution in [3.05, 3.63) is 35.4 Å². The van der Waals surface area contributed by atoms with Crippen LogP contribution in [0, 0.1) is 12.8 Å². The first-order valence-corrected chi connectivity index (χ1v) is 8.18. The molecule has 0 saturated heterocycles. The molecule has 24 heavy (non-hydrogen) atoms. The van der Waals surface area contributed by atoms with Gasteiger partial charge in [-0.1, -0.05) is 29.8 Å². The Morgan fingerprint density at radius 2 is 1.79 bits per heavy atom. The maximum Gasteiger partial charge on any atom is 0.340 e. The van der Waals surface area contributed by atoms with Crippen LogP contribution in [0.4, 0.5) is 0 Å². The van der Waals surface area contributed by atoms with E-state index in [-0.39, 0.29) is 31.0 Å². The average molecular weight is 333 g/mol. The molecule has 1 saturated carbocycles. The highest BCUT2D eigenvalue weighted by Gasteiger charge is 2.46. The third-order valence-electron chi connectivity index (χ3n) is 3.93. The zero-order valence-electron chi connectivity index (χ0n) is 14.2. The Balaban J connectivity index is 2.00. The molecule has 1 aliphatic carbocycles. The van der Waals surface area contributed by atoms with Gasteiger partial charge in [0.05, 0.1) is 13.2 Å². The summed E-state index contributed by atoms with van der Waals surface area (Å²) in [6.07, 6.45) is 0.702. The molecular weight excluding hydrogens is 310 g/mol. The van der Waals surface area contributed by atoms with Crippen LogP contribution in [0.25, 0.3) is 0 Å². The largest absolute Gasteiger partial charge is 0.464 e. The van der Waals surface area contributed by atoms with Crippen LogP contribution in [0.1, 0.15) is 37.3 Å². The Morgan fingerprint density at radius 3 is 2.33 bits per heavy atom. The molecule has 0 bridgehead atoms. The van der Waals surface area contributed by atoms with Crippen molar-refractivity contribution in [2.45, 2.75) is 39.2 Å². The molecule has 1 aliphatic rings. The number of aryl methyl sites for hydroxylation is 1. The second-order valence-corrected chi connectivity index (χ2v) is 5.81. The predicted molar refractivity (Wildman–Crippen MR) is 87.2 cm³/mol. The molecule has 0 radical (unpaired) electrons. The first kappa shape index (κ1) is 18.0. The maximum absolute atomic E-state index is 12.4. The first-order valence-electron chi connectivity index (χ1n) is 8.18. The summed E-state index contributed by atoms with van der Waals surface area (Å²) in [4.78, 5) is 36.2. The maximum atomic E-state index is 12.4. The van der Waals surface area contributed by atoms with E-state index in [1.165, 1.54) is 0 Å². The van der Waals surface area contributed by atoms with Gasteiger partial charge in [-0.2, -0.15) is 0 Å². The van der Waals surface area contributed by atoms with Crippen LogP contribution in [-0.2, 0) is 23.9 Å². The molecule has 0 heterocycles. The molecular formula is C18H23NO5. The molecule has 6 nitrogen and oxygen atoms in total. The van der Waals surface area contributed by atoms with Crippen molar-refractivity contribution in [2.75, 3.05) is 13.2 Å². The van der Waals surface area contributed by atoms with Crippen molar-refractivity contribution in [3.63, 3.8) is 0 Å². The Bertz CT molecular complexity index is 610. The summed E-state index contributed by atoms with van der Waals surface area (Å²) in [5.74, 6) is -2.03. The lowest BCUT2D eigenvalue weighted by Gasteiger charge is -2.16. The summed E-state index contributed by atoms with van der Waals surface area (Å²) >= 11 is 0. The van der Waals surface area contributed by atoms with Gasteiger partial charge in [-0.05, 0) is 38.7 Å². The average Bonchev–Trinajstić information content (AvgIpc) is 3.33. The minimum absolute atomic E-state index is 0.120. The molecule has 0 aromatic heterocycles. The fourth-order valence-electron chi connectivity index (χ4n) is 2.67. The molecule has 0 unspecified atom stereocenters. The lowest BCUT2D eigenvalue weighted by molar-refractivity contribution is -0.159. The minimum atomic E-state index is -1.41. The quantitative estimate of drug-likeness (QED) is 0.607. The van der Waals surface area contributed by atoms with Crippen LogP contribution in [0.2, 0.25) is 0 Å². The second-order valence-electron chi connectivity index (χ2n) is 5.81. The molecule has 0 spiro atoms. The van der Waals surface area contributed by atoms with Gasteiger partial charge in [0, 0.05) is 5.92 Å². The van der Waals surface area contributed by atoms with Gasteiger partial charge in [-0.15, -0.1) is 0 Å². The Morgan fingerprint density at radius 1 is 1.17 bits per heavy atom. The van der Waals surface area contributed by atoms with Crippen molar-refractivity contribution in [2.24, 2.45) is 5.92 Å². The highest BCUT2D eigenvalue weighted by Crippen LogP contribution is 2.47. The van der Waals surface area contributed by atoms with E-state index in [0.717, 1.165) is 11.1 Å². The van der Waals surface area contributed by atoms with E-state index >= 15 is 0 Å². The van der Waals surface area contributed by atoms with E-state index in [1.807, 2.05) is 31.2 Å². The zero-order valence-corrected chi connectivity index (χ0v) is 14.2. The van der Waals surface area contributed by atoms with Gasteiger partial charge in [0.1, 0.15) is 0 Å². The van der Waals surface area contributed by atoms with Gasteiger partial charge in [-0.3, -0.25) is 4.79 Å². The van der Waals surface area contributed by atoms with E-state index in [2.05, 4.69) is 5.32 Å². The van der Waals surface area contributed by atoms with Crippen molar-refractivity contribution in [1.29, 1.82) is 0 Å². The molecule has 1 N–H and O–H groups in total. The lowest BCUT2D eigenvalue weighted by atomic mass is 10.1.